The molecule has 0 aliphatic rings. The van der Waals surface area contributed by atoms with E-state index in [9.17, 15) is 4.39 Å². The first-order chi connectivity index (χ1) is 8.86. The molecule has 1 aromatic heterocycles. The van der Waals surface area contributed by atoms with Gasteiger partial charge >= 0.3 is 0 Å². The third-order valence-corrected chi connectivity index (χ3v) is 4.14. The third kappa shape index (κ3) is 3.53. The molecule has 0 unspecified atom stereocenters. The zero-order chi connectivity index (χ0) is 14.0. The van der Waals surface area contributed by atoms with Gasteiger partial charge in [-0.05, 0) is 30.7 Å². The van der Waals surface area contributed by atoms with Gasteiger partial charge in [-0.25, -0.2) is 9.37 Å². The highest BCUT2D eigenvalue weighted by molar-refractivity contribution is 7.09. The van der Waals surface area contributed by atoms with E-state index in [0.717, 1.165) is 16.4 Å². The van der Waals surface area contributed by atoms with E-state index < -0.39 is 0 Å². The Kier molecular flexibility index (Phi) is 3.90. The van der Waals surface area contributed by atoms with Crippen LogP contribution in [-0.2, 0) is 12.0 Å². The fourth-order valence-electron chi connectivity index (χ4n) is 1.68. The molecule has 1 N–H and O–H groups in total. The van der Waals surface area contributed by atoms with Crippen LogP contribution >= 0.6 is 11.3 Å². The van der Waals surface area contributed by atoms with Crippen LogP contribution in [0.15, 0.2) is 23.6 Å². The van der Waals surface area contributed by atoms with E-state index in [1.54, 1.807) is 24.3 Å². The molecule has 0 radical (unpaired) electrons. The number of hydrogen-bond donors (Lipinski definition) is 1. The van der Waals surface area contributed by atoms with Crippen LogP contribution in [0.4, 0.5) is 10.1 Å². The molecule has 0 saturated carbocycles. The quantitative estimate of drug-likeness (QED) is 0.894. The van der Waals surface area contributed by atoms with E-state index in [4.69, 9.17) is 0 Å². The lowest BCUT2D eigenvalue weighted by Gasteiger charge is -2.13. The molecule has 19 heavy (non-hydrogen) atoms. The minimum Gasteiger partial charge on any atom is -0.379 e. The first kappa shape index (κ1) is 14.0. The molecule has 2 rings (SSSR count). The van der Waals surface area contributed by atoms with E-state index in [1.807, 2.05) is 6.07 Å². The van der Waals surface area contributed by atoms with Crippen LogP contribution in [0.25, 0.3) is 0 Å². The molecular formula is C15H19FN2S. The number of aryl methyl sites for hydroxylation is 1. The second kappa shape index (κ2) is 5.29. The first-order valence-corrected chi connectivity index (χ1v) is 7.19. The summed E-state index contributed by atoms with van der Waals surface area (Å²) in [5, 5.41) is 6.48. The summed E-state index contributed by atoms with van der Waals surface area (Å²) in [4.78, 5) is 4.62. The molecule has 0 spiro atoms. The van der Waals surface area contributed by atoms with E-state index in [2.05, 4.69) is 36.5 Å². The summed E-state index contributed by atoms with van der Waals surface area (Å²) in [5.74, 6) is -0.172. The van der Waals surface area contributed by atoms with Gasteiger partial charge in [-0.2, -0.15) is 0 Å². The molecule has 0 amide bonds. The van der Waals surface area contributed by atoms with Crippen LogP contribution in [0.5, 0.6) is 0 Å². The fraction of sp³-hybridized carbons (Fsp3) is 0.400. The van der Waals surface area contributed by atoms with Crippen molar-refractivity contribution in [2.45, 2.75) is 39.7 Å². The minimum atomic E-state index is -0.172. The van der Waals surface area contributed by atoms with E-state index in [0.29, 0.717) is 12.1 Å². The number of nitrogens with one attached hydrogen (secondary N) is 1. The molecule has 0 fully saturated rings. The summed E-state index contributed by atoms with van der Waals surface area (Å²) in [6, 6.07) is 5.05. The van der Waals surface area contributed by atoms with E-state index in [-0.39, 0.29) is 11.2 Å². The van der Waals surface area contributed by atoms with E-state index >= 15 is 0 Å². The van der Waals surface area contributed by atoms with Crippen molar-refractivity contribution < 1.29 is 4.39 Å². The number of hydrogen-bond acceptors (Lipinski definition) is 3. The molecule has 102 valence electrons. The zero-order valence-electron chi connectivity index (χ0n) is 11.7. The Morgan fingerprint density at radius 1 is 1.32 bits per heavy atom. The van der Waals surface area contributed by atoms with Crippen molar-refractivity contribution in [3.63, 3.8) is 0 Å². The standard InChI is InChI=1S/C15H19FN2S/c1-10-7-11(5-6-13(10)16)17-8-12-9-19-14(18-12)15(2,3)4/h5-7,9,17H,8H2,1-4H3. The maximum Gasteiger partial charge on any atom is 0.126 e. The third-order valence-electron chi connectivity index (χ3n) is 2.82. The molecule has 0 aliphatic heterocycles. The zero-order valence-corrected chi connectivity index (χ0v) is 12.6. The van der Waals surface area contributed by atoms with Gasteiger partial charge < -0.3 is 5.32 Å². The normalized spacial score (nSPS) is 11.6. The summed E-state index contributed by atoms with van der Waals surface area (Å²) in [7, 11) is 0. The largest absolute Gasteiger partial charge is 0.379 e. The number of anilines is 1. The number of halogens is 1. The second-order valence-corrected chi connectivity index (χ2v) is 6.57. The maximum absolute atomic E-state index is 13.2. The molecular weight excluding hydrogens is 259 g/mol. The van der Waals surface area contributed by atoms with Gasteiger partial charge in [0.1, 0.15) is 5.82 Å². The summed E-state index contributed by atoms with van der Waals surface area (Å²) in [6.07, 6.45) is 0. The van der Waals surface area contributed by atoms with Crippen molar-refractivity contribution in [3.05, 3.63) is 45.7 Å². The van der Waals surface area contributed by atoms with Crippen LogP contribution in [0.3, 0.4) is 0 Å². The number of thiazole rings is 1. The predicted molar refractivity (Wildman–Crippen MR) is 79.3 cm³/mol. The Balaban J connectivity index is 2.02. The molecule has 1 heterocycles. The highest BCUT2D eigenvalue weighted by Crippen LogP contribution is 2.25. The molecule has 2 aromatic rings. The summed E-state index contributed by atoms with van der Waals surface area (Å²) in [6.45, 7) is 8.91. The summed E-state index contributed by atoms with van der Waals surface area (Å²) < 4.78 is 13.2. The number of nitrogens with zero attached hydrogens (tertiary/aromatic N) is 1. The lowest BCUT2D eigenvalue weighted by Crippen LogP contribution is -2.11. The minimum absolute atomic E-state index is 0.0926. The summed E-state index contributed by atoms with van der Waals surface area (Å²) >= 11 is 1.69. The van der Waals surface area contributed by atoms with Gasteiger partial charge in [0.2, 0.25) is 0 Å². The lowest BCUT2D eigenvalue weighted by atomic mass is 9.98. The van der Waals surface area contributed by atoms with Gasteiger partial charge in [-0.3, -0.25) is 0 Å². The lowest BCUT2D eigenvalue weighted by molar-refractivity contribution is 0.583. The summed E-state index contributed by atoms with van der Waals surface area (Å²) in [5.41, 5.74) is 2.69. The van der Waals surface area contributed by atoms with Crippen molar-refractivity contribution >= 4 is 17.0 Å². The molecule has 0 bridgehead atoms. The van der Waals surface area contributed by atoms with Crippen LogP contribution in [0.1, 0.15) is 37.0 Å². The average molecular weight is 278 g/mol. The Morgan fingerprint density at radius 3 is 2.63 bits per heavy atom. The Labute approximate surface area is 117 Å². The molecule has 0 aliphatic carbocycles. The van der Waals surface area contributed by atoms with Crippen LogP contribution < -0.4 is 5.32 Å². The van der Waals surface area contributed by atoms with Crippen molar-refractivity contribution in [2.24, 2.45) is 0 Å². The topological polar surface area (TPSA) is 24.9 Å². The van der Waals surface area contributed by atoms with E-state index in [1.165, 1.54) is 6.07 Å². The number of aromatic nitrogens is 1. The highest BCUT2D eigenvalue weighted by Gasteiger charge is 2.17. The van der Waals surface area contributed by atoms with Crippen molar-refractivity contribution in [2.75, 3.05) is 5.32 Å². The number of benzene rings is 1. The van der Waals surface area contributed by atoms with Crippen LogP contribution in [-0.4, -0.2) is 4.98 Å². The van der Waals surface area contributed by atoms with Crippen molar-refractivity contribution in [1.82, 2.24) is 4.98 Å². The van der Waals surface area contributed by atoms with Crippen molar-refractivity contribution in [3.8, 4) is 0 Å². The van der Waals surface area contributed by atoms with Gasteiger partial charge in [-0.15, -0.1) is 11.3 Å². The molecule has 0 saturated heterocycles. The monoisotopic (exact) mass is 278 g/mol. The van der Waals surface area contributed by atoms with Gasteiger partial charge in [0.15, 0.2) is 0 Å². The smallest absolute Gasteiger partial charge is 0.126 e. The second-order valence-electron chi connectivity index (χ2n) is 5.71. The Bertz CT molecular complexity index is 570. The SMILES string of the molecule is Cc1cc(NCc2csc(C(C)(C)C)n2)ccc1F. The molecule has 4 heteroatoms. The van der Waals surface area contributed by atoms with Gasteiger partial charge in [0, 0.05) is 16.5 Å². The van der Waals surface area contributed by atoms with Gasteiger partial charge in [0.25, 0.3) is 0 Å². The molecule has 0 atom stereocenters. The fourth-order valence-corrected chi connectivity index (χ4v) is 2.59. The first-order valence-electron chi connectivity index (χ1n) is 6.31. The Morgan fingerprint density at radius 2 is 2.05 bits per heavy atom. The Hall–Kier alpha value is -1.42. The van der Waals surface area contributed by atoms with Gasteiger partial charge in [-0.1, -0.05) is 20.8 Å². The number of rotatable bonds is 3. The average Bonchev–Trinajstić information content (AvgIpc) is 2.79. The maximum atomic E-state index is 13.2. The highest BCUT2D eigenvalue weighted by atomic mass is 32.1. The molecule has 1 aromatic carbocycles. The predicted octanol–water partition coefficient (Wildman–Crippen LogP) is 4.50. The molecule has 2 nitrogen and oxygen atoms in total. The van der Waals surface area contributed by atoms with Crippen LogP contribution in [0.2, 0.25) is 0 Å². The van der Waals surface area contributed by atoms with Gasteiger partial charge in [0.05, 0.1) is 17.2 Å². The van der Waals surface area contributed by atoms with Crippen LogP contribution in [0, 0.1) is 12.7 Å². The van der Waals surface area contributed by atoms with Crippen molar-refractivity contribution in [1.29, 1.82) is 0 Å².